The van der Waals surface area contributed by atoms with Crippen LogP contribution in [0.3, 0.4) is 0 Å². The second-order valence-corrected chi connectivity index (χ2v) is 8.30. The van der Waals surface area contributed by atoms with Crippen LogP contribution in [0, 0.1) is 19.3 Å². The van der Waals surface area contributed by atoms with Crippen LogP contribution in [-0.4, -0.2) is 37.3 Å². The molecule has 2 aliphatic heterocycles. The van der Waals surface area contributed by atoms with Gasteiger partial charge in [-0.05, 0) is 49.4 Å². The highest BCUT2D eigenvalue weighted by atomic mass is 32.2. The Kier molecular flexibility index (Phi) is 4.99. The van der Waals surface area contributed by atoms with Crippen LogP contribution in [0.25, 0.3) is 11.8 Å². The number of aromatic nitrogens is 1. The lowest BCUT2D eigenvalue weighted by molar-refractivity contribution is -0.114. The Balaban J connectivity index is 1.75. The van der Waals surface area contributed by atoms with Crippen LogP contribution in [0.4, 0.5) is 0 Å². The predicted octanol–water partition coefficient (Wildman–Crippen LogP) is 4.42. The lowest BCUT2D eigenvalue weighted by Gasteiger charge is -2.24. The summed E-state index contributed by atoms with van der Waals surface area (Å²) in [6.45, 7) is 6.08. The number of hydrogen-bond acceptors (Lipinski definition) is 5. The van der Waals surface area contributed by atoms with Crippen molar-refractivity contribution in [3.8, 4) is 5.69 Å². The predicted molar refractivity (Wildman–Crippen MR) is 118 cm³/mol. The number of thioether (sulfide) groups is 1. The molecule has 6 nitrogen and oxygen atoms in total. The number of nitrogens with zero attached hydrogens (tertiary/aromatic N) is 4. The van der Waals surface area contributed by atoms with E-state index in [4.69, 9.17) is 5.41 Å². The number of aliphatic imine (C=N–C) groups is 1. The Hall–Kier alpha value is -2.58. The third-order valence-electron chi connectivity index (χ3n) is 4.55. The van der Waals surface area contributed by atoms with Crippen molar-refractivity contribution >= 4 is 51.9 Å². The molecule has 1 N–H and O–H groups in total. The van der Waals surface area contributed by atoms with Crippen molar-refractivity contribution in [2.24, 2.45) is 9.39 Å². The molecular weight excluding hydrogens is 390 g/mol. The van der Waals surface area contributed by atoms with Gasteiger partial charge in [0, 0.05) is 17.1 Å². The van der Waals surface area contributed by atoms with Gasteiger partial charge >= 0.3 is 0 Å². The number of nitrogens with one attached hydrogen (secondary N) is 1. The van der Waals surface area contributed by atoms with E-state index in [0.29, 0.717) is 10.3 Å². The summed E-state index contributed by atoms with van der Waals surface area (Å²) in [5.74, 6) is 0.567. The van der Waals surface area contributed by atoms with E-state index in [-0.39, 0.29) is 11.4 Å². The van der Waals surface area contributed by atoms with Gasteiger partial charge in [0.2, 0.25) is 5.17 Å². The van der Waals surface area contributed by atoms with E-state index in [2.05, 4.69) is 14.0 Å². The third-order valence-corrected chi connectivity index (χ3v) is 6.19. The van der Waals surface area contributed by atoms with Crippen LogP contribution in [0.1, 0.15) is 23.9 Å². The zero-order valence-corrected chi connectivity index (χ0v) is 17.4. The van der Waals surface area contributed by atoms with Crippen molar-refractivity contribution in [2.75, 3.05) is 5.75 Å². The standard InChI is InChI=1S/C20H19N5OS2/c1-4-27-20-23-28-19-22-18(26)16(17(21)25(19)20)11-14-10-12(2)24(13(14)3)15-8-6-5-7-9-15/h5-11,21H,4H2,1-3H3/b16-11-,21-17?. The molecular formula is C20H19N5OS2. The molecule has 4 rings (SSSR count). The fraction of sp³-hybridized carbons (Fsp3) is 0.200. The monoisotopic (exact) mass is 409 g/mol. The van der Waals surface area contributed by atoms with E-state index in [0.717, 1.165) is 40.3 Å². The summed E-state index contributed by atoms with van der Waals surface area (Å²) >= 11 is 2.68. The summed E-state index contributed by atoms with van der Waals surface area (Å²) in [5, 5.41) is 9.75. The maximum absolute atomic E-state index is 12.6. The smallest absolute Gasteiger partial charge is 0.283 e. The van der Waals surface area contributed by atoms with Gasteiger partial charge in [0.1, 0.15) is 5.84 Å². The maximum Gasteiger partial charge on any atom is 0.283 e. The Morgan fingerprint density at radius 2 is 2.00 bits per heavy atom. The molecule has 0 bridgehead atoms. The van der Waals surface area contributed by atoms with Gasteiger partial charge < -0.3 is 4.57 Å². The molecule has 142 valence electrons. The average molecular weight is 410 g/mol. The van der Waals surface area contributed by atoms with E-state index in [9.17, 15) is 4.79 Å². The molecule has 3 heterocycles. The lowest BCUT2D eigenvalue weighted by Crippen LogP contribution is -2.41. The van der Waals surface area contributed by atoms with Crippen molar-refractivity contribution in [1.29, 1.82) is 5.41 Å². The zero-order valence-electron chi connectivity index (χ0n) is 15.8. The zero-order chi connectivity index (χ0) is 19.8. The summed E-state index contributed by atoms with van der Waals surface area (Å²) in [6.07, 6.45) is 1.77. The number of para-hydroxylation sites is 1. The second kappa shape index (κ2) is 7.44. The molecule has 1 amide bonds. The first-order valence-electron chi connectivity index (χ1n) is 8.87. The largest absolute Gasteiger partial charge is 0.318 e. The molecule has 2 aliphatic rings. The molecule has 0 fully saturated rings. The molecule has 8 heteroatoms. The number of rotatable bonds is 3. The fourth-order valence-corrected chi connectivity index (χ4v) is 4.86. The van der Waals surface area contributed by atoms with Crippen LogP contribution in [0.2, 0.25) is 0 Å². The average Bonchev–Trinajstić information content (AvgIpc) is 3.20. The first kappa shape index (κ1) is 18.8. The first-order chi connectivity index (χ1) is 13.5. The van der Waals surface area contributed by atoms with E-state index >= 15 is 0 Å². The molecule has 0 unspecified atom stereocenters. The van der Waals surface area contributed by atoms with Gasteiger partial charge in [-0.3, -0.25) is 10.2 Å². The van der Waals surface area contributed by atoms with Crippen LogP contribution in [-0.2, 0) is 4.79 Å². The van der Waals surface area contributed by atoms with Crippen molar-refractivity contribution in [2.45, 2.75) is 20.8 Å². The van der Waals surface area contributed by atoms with Gasteiger partial charge in [0.15, 0.2) is 5.17 Å². The molecule has 1 aromatic carbocycles. The number of hydrogen-bond donors (Lipinski definition) is 1. The van der Waals surface area contributed by atoms with E-state index < -0.39 is 5.91 Å². The number of carbonyl (C=O) groups excluding carboxylic acids is 1. The summed E-state index contributed by atoms with van der Waals surface area (Å²) in [4.78, 5) is 18.4. The highest BCUT2D eigenvalue weighted by Gasteiger charge is 2.37. The molecule has 0 saturated carbocycles. The Morgan fingerprint density at radius 1 is 1.25 bits per heavy atom. The Morgan fingerprint density at radius 3 is 2.71 bits per heavy atom. The van der Waals surface area contributed by atoms with Crippen molar-refractivity contribution in [1.82, 2.24) is 9.47 Å². The number of amides is 1. The minimum absolute atomic E-state index is 0.129. The van der Waals surface area contributed by atoms with E-state index in [1.54, 1.807) is 11.0 Å². The second-order valence-electron chi connectivity index (χ2n) is 6.34. The highest BCUT2D eigenvalue weighted by molar-refractivity contribution is 8.19. The van der Waals surface area contributed by atoms with Gasteiger partial charge in [0.05, 0.1) is 17.5 Å². The van der Waals surface area contributed by atoms with Gasteiger partial charge in [-0.25, -0.2) is 4.90 Å². The summed E-state index contributed by atoms with van der Waals surface area (Å²) in [7, 11) is 0. The minimum Gasteiger partial charge on any atom is -0.318 e. The highest BCUT2D eigenvalue weighted by Crippen LogP contribution is 2.32. The first-order valence-corrected chi connectivity index (χ1v) is 10.6. The molecule has 0 atom stereocenters. The van der Waals surface area contributed by atoms with Gasteiger partial charge in [-0.15, -0.1) is 0 Å². The van der Waals surface area contributed by atoms with E-state index in [1.165, 1.54) is 11.8 Å². The molecule has 0 saturated heterocycles. The fourth-order valence-electron chi connectivity index (χ4n) is 3.29. The Bertz CT molecular complexity index is 1070. The maximum atomic E-state index is 12.6. The molecule has 2 aromatic rings. The molecule has 0 radical (unpaired) electrons. The van der Waals surface area contributed by atoms with Crippen molar-refractivity contribution in [3.05, 3.63) is 58.9 Å². The summed E-state index contributed by atoms with van der Waals surface area (Å²) in [5.41, 5.74) is 4.33. The quantitative estimate of drug-likeness (QED) is 0.601. The molecule has 0 aliphatic carbocycles. The number of fused-ring (bicyclic) bond motifs is 1. The van der Waals surface area contributed by atoms with Gasteiger partial charge in [-0.2, -0.15) is 9.39 Å². The number of carbonyl (C=O) groups is 1. The van der Waals surface area contributed by atoms with Crippen LogP contribution >= 0.6 is 23.7 Å². The normalized spacial score (nSPS) is 17.8. The molecule has 0 spiro atoms. The summed E-state index contributed by atoms with van der Waals surface area (Å²) < 4.78 is 6.48. The lowest BCUT2D eigenvalue weighted by atomic mass is 10.1. The van der Waals surface area contributed by atoms with E-state index in [1.807, 2.05) is 57.2 Å². The minimum atomic E-state index is -0.397. The number of aryl methyl sites for hydroxylation is 1. The van der Waals surface area contributed by atoms with Crippen molar-refractivity contribution in [3.63, 3.8) is 0 Å². The van der Waals surface area contributed by atoms with Crippen LogP contribution in [0.15, 0.2) is 51.4 Å². The Labute approximate surface area is 172 Å². The third kappa shape index (κ3) is 3.12. The number of amidine groups is 3. The summed E-state index contributed by atoms with van der Waals surface area (Å²) in [6, 6.07) is 12.1. The SMILES string of the molecule is CCSC1=NSC2=NC(=O)/C(=C\c3cc(C)n(-c4ccccc4)c3C)C(=N)N12. The molecule has 28 heavy (non-hydrogen) atoms. The van der Waals surface area contributed by atoms with Crippen LogP contribution < -0.4 is 0 Å². The van der Waals surface area contributed by atoms with Crippen molar-refractivity contribution < 1.29 is 4.79 Å². The van der Waals surface area contributed by atoms with Crippen LogP contribution in [0.5, 0.6) is 0 Å². The topological polar surface area (TPSA) is 73.8 Å². The van der Waals surface area contributed by atoms with Gasteiger partial charge in [0.25, 0.3) is 5.91 Å². The van der Waals surface area contributed by atoms with Gasteiger partial charge in [-0.1, -0.05) is 36.9 Å². The number of benzene rings is 1. The molecule has 1 aromatic heterocycles.